The number of hydrogen-bond acceptors (Lipinski definition) is 3. The van der Waals surface area contributed by atoms with Crippen LogP contribution in [0.5, 0.6) is 0 Å². The molecule has 0 aliphatic carbocycles. The van der Waals surface area contributed by atoms with Crippen molar-refractivity contribution in [1.82, 2.24) is 0 Å². The van der Waals surface area contributed by atoms with E-state index in [0.717, 1.165) is 0 Å². The average Bonchev–Trinajstić information content (AvgIpc) is 2.19. The second-order valence-corrected chi connectivity index (χ2v) is 3.36. The summed E-state index contributed by atoms with van der Waals surface area (Å²) in [7, 11) is 0. The number of primary amides is 1. The van der Waals surface area contributed by atoms with Gasteiger partial charge in [0.05, 0.1) is 4.92 Å². The van der Waals surface area contributed by atoms with Crippen molar-refractivity contribution in [3.8, 4) is 12.3 Å². The maximum Gasteiger partial charge on any atom is 0.288 e. The van der Waals surface area contributed by atoms with Crippen molar-refractivity contribution in [2.45, 2.75) is 13.8 Å². The second-order valence-electron chi connectivity index (χ2n) is 3.36. The summed E-state index contributed by atoms with van der Waals surface area (Å²) in [5.74, 6) is 1.56. The van der Waals surface area contributed by atoms with E-state index in [-0.39, 0.29) is 22.4 Å². The molecule has 0 bridgehead atoms. The molecule has 0 saturated heterocycles. The molecule has 16 heavy (non-hydrogen) atoms. The molecular weight excluding hydrogens is 208 g/mol. The van der Waals surface area contributed by atoms with Gasteiger partial charge in [-0.05, 0) is 25.5 Å². The van der Waals surface area contributed by atoms with Crippen LogP contribution < -0.4 is 5.73 Å². The molecule has 0 radical (unpaired) electrons. The molecular formula is C11H10N2O3. The van der Waals surface area contributed by atoms with E-state index >= 15 is 0 Å². The topological polar surface area (TPSA) is 86.2 Å². The van der Waals surface area contributed by atoms with Gasteiger partial charge in [-0.3, -0.25) is 14.9 Å². The molecule has 1 rings (SSSR count). The molecule has 0 fully saturated rings. The number of carbonyl (C=O) groups excluding carboxylic acids is 1. The Morgan fingerprint density at radius 3 is 2.50 bits per heavy atom. The minimum Gasteiger partial charge on any atom is -0.366 e. The van der Waals surface area contributed by atoms with Crippen LogP contribution in [-0.2, 0) is 0 Å². The van der Waals surface area contributed by atoms with E-state index < -0.39 is 10.8 Å². The lowest BCUT2D eigenvalue weighted by atomic mass is 9.97. The highest BCUT2D eigenvalue weighted by atomic mass is 16.6. The average molecular weight is 218 g/mol. The van der Waals surface area contributed by atoms with Gasteiger partial charge in [0.1, 0.15) is 5.56 Å². The first kappa shape index (κ1) is 11.7. The maximum absolute atomic E-state index is 11.1. The summed E-state index contributed by atoms with van der Waals surface area (Å²) in [6, 6.07) is 1.47. The van der Waals surface area contributed by atoms with Gasteiger partial charge in [-0.15, -0.1) is 6.42 Å². The number of amides is 1. The number of nitrogens with zero attached hydrogens (tertiary/aromatic N) is 1. The monoisotopic (exact) mass is 218 g/mol. The number of terminal acetylenes is 1. The summed E-state index contributed by atoms with van der Waals surface area (Å²) >= 11 is 0. The number of carbonyl (C=O) groups is 1. The molecule has 0 spiro atoms. The maximum atomic E-state index is 11.1. The van der Waals surface area contributed by atoms with Gasteiger partial charge in [-0.1, -0.05) is 5.92 Å². The summed E-state index contributed by atoms with van der Waals surface area (Å²) in [6.07, 6.45) is 5.21. The number of aryl methyl sites for hydroxylation is 1. The molecule has 5 heteroatoms. The minimum absolute atomic E-state index is 0.128. The minimum atomic E-state index is -0.702. The molecule has 2 N–H and O–H groups in total. The zero-order valence-electron chi connectivity index (χ0n) is 8.90. The summed E-state index contributed by atoms with van der Waals surface area (Å²) in [5, 5.41) is 10.9. The zero-order chi connectivity index (χ0) is 12.5. The highest BCUT2D eigenvalue weighted by Gasteiger charge is 2.23. The van der Waals surface area contributed by atoms with Crippen LogP contribution in [0.3, 0.4) is 0 Å². The van der Waals surface area contributed by atoms with Crippen LogP contribution in [0, 0.1) is 36.3 Å². The molecule has 1 aromatic rings. The van der Waals surface area contributed by atoms with E-state index in [2.05, 4.69) is 5.92 Å². The number of nitro benzene ring substituents is 1. The fourth-order valence-electron chi connectivity index (χ4n) is 1.57. The van der Waals surface area contributed by atoms with Crippen LogP contribution in [0.4, 0.5) is 5.69 Å². The van der Waals surface area contributed by atoms with Gasteiger partial charge in [-0.2, -0.15) is 0 Å². The number of rotatable bonds is 2. The molecule has 1 amide bonds. The lowest BCUT2D eigenvalue weighted by Gasteiger charge is -2.07. The van der Waals surface area contributed by atoms with Gasteiger partial charge in [0.25, 0.3) is 5.69 Å². The lowest BCUT2D eigenvalue weighted by Crippen LogP contribution is -2.15. The van der Waals surface area contributed by atoms with Crippen molar-refractivity contribution in [3.63, 3.8) is 0 Å². The summed E-state index contributed by atoms with van der Waals surface area (Å²) < 4.78 is 0. The van der Waals surface area contributed by atoms with Gasteiger partial charge in [0, 0.05) is 11.1 Å². The molecule has 0 aliphatic rings. The predicted molar refractivity (Wildman–Crippen MR) is 59.0 cm³/mol. The second kappa shape index (κ2) is 4.03. The van der Waals surface area contributed by atoms with Crippen LogP contribution >= 0.6 is 0 Å². The van der Waals surface area contributed by atoms with Crippen LogP contribution in [0.1, 0.15) is 27.0 Å². The molecule has 0 saturated carbocycles. The molecule has 0 heterocycles. The fraction of sp³-hybridized carbons (Fsp3) is 0.182. The molecule has 0 aliphatic heterocycles. The first-order chi connectivity index (χ1) is 7.40. The Hall–Kier alpha value is -2.35. The predicted octanol–water partition coefficient (Wildman–Crippen LogP) is 1.29. The van der Waals surface area contributed by atoms with Crippen molar-refractivity contribution in [2.24, 2.45) is 5.73 Å². The Labute approximate surface area is 92.4 Å². The fourth-order valence-corrected chi connectivity index (χ4v) is 1.57. The summed E-state index contributed by atoms with van der Waals surface area (Å²) in [6.45, 7) is 3.06. The first-order valence-corrected chi connectivity index (χ1v) is 4.45. The third-order valence-corrected chi connectivity index (χ3v) is 2.34. The summed E-state index contributed by atoms with van der Waals surface area (Å²) in [5.41, 5.74) is 5.92. The Morgan fingerprint density at radius 1 is 1.56 bits per heavy atom. The van der Waals surface area contributed by atoms with E-state index in [9.17, 15) is 14.9 Å². The Kier molecular flexibility index (Phi) is 2.95. The van der Waals surface area contributed by atoms with Gasteiger partial charge in [0.15, 0.2) is 0 Å². The molecule has 1 aromatic carbocycles. The van der Waals surface area contributed by atoms with E-state index in [0.29, 0.717) is 5.56 Å². The molecule has 0 atom stereocenters. The number of benzene rings is 1. The quantitative estimate of drug-likeness (QED) is 0.461. The van der Waals surface area contributed by atoms with Gasteiger partial charge in [-0.25, -0.2) is 0 Å². The third kappa shape index (κ3) is 1.73. The zero-order valence-corrected chi connectivity index (χ0v) is 8.90. The smallest absolute Gasteiger partial charge is 0.288 e. The van der Waals surface area contributed by atoms with Crippen molar-refractivity contribution < 1.29 is 9.72 Å². The van der Waals surface area contributed by atoms with Crippen molar-refractivity contribution in [2.75, 3.05) is 0 Å². The van der Waals surface area contributed by atoms with Gasteiger partial charge < -0.3 is 5.73 Å². The molecule has 0 unspecified atom stereocenters. The lowest BCUT2D eigenvalue weighted by molar-refractivity contribution is -0.385. The molecule has 0 aromatic heterocycles. The third-order valence-electron chi connectivity index (χ3n) is 2.34. The van der Waals surface area contributed by atoms with Crippen LogP contribution in [0.15, 0.2) is 6.07 Å². The van der Waals surface area contributed by atoms with Crippen molar-refractivity contribution in [3.05, 3.63) is 38.4 Å². The standard InChI is InChI=1S/C11H10N2O3/c1-4-8-6(2)5-9(11(12)14)7(3)10(8)13(15)16/h1,5H,2-3H3,(H2,12,14). The highest BCUT2D eigenvalue weighted by molar-refractivity contribution is 5.96. The van der Waals surface area contributed by atoms with Gasteiger partial charge >= 0.3 is 0 Å². The number of nitrogens with two attached hydrogens (primary N) is 1. The van der Waals surface area contributed by atoms with Crippen LogP contribution in [0.2, 0.25) is 0 Å². The summed E-state index contributed by atoms with van der Waals surface area (Å²) in [4.78, 5) is 21.4. The molecule has 82 valence electrons. The Bertz CT molecular complexity index is 527. The Morgan fingerprint density at radius 2 is 2.12 bits per heavy atom. The molecule has 5 nitrogen and oxygen atoms in total. The number of hydrogen-bond donors (Lipinski definition) is 1. The largest absolute Gasteiger partial charge is 0.366 e. The van der Waals surface area contributed by atoms with E-state index in [4.69, 9.17) is 12.2 Å². The van der Waals surface area contributed by atoms with Crippen molar-refractivity contribution >= 4 is 11.6 Å². The van der Waals surface area contributed by atoms with Crippen molar-refractivity contribution in [1.29, 1.82) is 0 Å². The van der Waals surface area contributed by atoms with E-state index in [1.807, 2.05) is 0 Å². The van der Waals surface area contributed by atoms with Gasteiger partial charge in [0.2, 0.25) is 5.91 Å². The van der Waals surface area contributed by atoms with Crippen LogP contribution in [-0.4, -0.2) is 10.8 Å². The first-order valence-electron chi connectivity index (χ1n) is 4.45. The van der Waals surface area contributed by atoms with E-state index in [1.165, 1.54) is 13.0 Å². The highest BCUT2D eigenvalue weighted by Crippen LogP contribution is 2.28. The van der Waals surface area contributed by atoms with Crippen LogP contribution in [0.25, 0.3) is 0 Å². The number of nitro groups is 1. The SMILES string of the molecule is C#Cc1c(C)cc(C(N)=O)c(C)c1[N+](=O)[O-]. The Balaban J connectivity index is 3.74. The van der Waals surface area contributed by atoms with E-state index in [1.54, 1.807) is 6.92 Å². The normalized spacial score (nSPS) is 9.56.